The van der Waals surface area contributed by atoms with E-state index in [-0.39, 0.29) is 51.9 Å². The van der Waals surface area contributed by atoms with Crippen LogP contribution in [0.5, 0.6) is 5.75 Å². The number of hydrogen-bond donors (Lipinski definition) is 4. The van der Waals surface area contributed by atoms with Gasteiger partial charge in [0, 0.05) is 61.8 Å². The van der Waals surface area contributed by atoms with Gasteiger partial charge in [0.05, 0.1) is 17.8 Å². The van der Waals surface area contributed by atoms with Crippen LogP contribution in [-0.2, 0) is 4.79 Å². The van der Waals surface area contributed by atoms with Crippen molar-refractivity contribution in [1.29, 1.82) is 0 Å². The molecule has 56 heavy (non-hydrogen) atoms. The molecular formula is C41H31ClN6O6S2. The molecule has 0 unspecified atom stereocenters. The van der Waals surface area contributed by atoms with Crippen molar-refractivity contribution < 1.29 is 24.2 Å². The number of halogens is 1. The zero-order chi connectivity index (χ0) is 39.4. The quantitative estimate of drug-likeness (QED) is 0.0866. The number of phenolic OH excluding ortho intramolecular Hbond substituents is 1. The lowest BCUT2D eigenvalue weighted by Crippen LogP contribution is -2.33. The molecule has 0 amide bonds. The van der Waals surface area contributed by atoms with E-state index in [1.54, 1.807) is 35.6 Å². The Bertz CT molecular complexity index is 2820. The maximum absolute atomic E-state index is 13.6. The normalized spacial score (nSPS) is 13.5. The van der Waals surface area contributed by atoms with Crippen LogP contribution in [0.15, 0.2) is 93.1 Å². The summed E-state index contributed by atoms with van der Waals surface area (Å²) in [5, 5.41) is 37.4. The summed E-state index contributed by atoms with van der Waals surface area (Å²) in [6.45, 7) is 5.87. The van der Waals surface area contributed by atoms with E-state index in [0.717, 1.165) is 32.3 Å². The summed E-state index contributed by atoms with van der Waals surface area (Å²) in [4.78, 5) is 44.8. The molecule has 5 aromatic rings. The van der Waals surface area contributed by atoms with Gasteiger partial charge in [0.25, 0.3) is 0 Å². The SMILES string of the molecule is Cc1sc2c(c1C)C(c1ccc(Cl)cc1)=N[C@H](CC(=O)CNC(=S)Nc1ccc(-c3c4ccc(=O)cc-4oc4cc(O)ccc34)c(C(=O)O)c1)c1nnc(C)n1-2. The number of carboxylic acid groups (broad SMARTS) is 1. The summed E-state index contributed by atoms with van der Waals surface area (Å²) in [7, 11) is 0. The van der Waals surface area contributed by atoms with Gasteiger partial charge in [-0.05, 0) is 92.6 Å². The molecule has 0 radical (unpaired) electrons. The molecular weight excluding hydrogens is 772 g/mol. The van der Waals surface area contributed by atoms with Gasteiger partial charge >= 0.3 is 5.97 Å². The predicted molar refractivity (Wildman–Crippen MR) is 220 cm³/mol. The molecule has 280 valence electrons. The van der Waals surface area contributed by atoms with Gasteiger partial charge in [0.15, 0.2) is 22.1 Å². The van der Waals surface area contributed by atoms with Crippen LogP contribution in [-0.4, -0.2) is 54.1 Å². The van der Waals surface area contributed by atoms with Gasteiger partial charge in [-0.15, -0.1) is 21.5 Å². The maximum Gasteiger partial charge on any atom is 0.336 e. The number of carbonyl (C=O) groups excluding carboxylic acids is 1. The number of anilines is 1. The maximum atomic E-state index is 13.6. The van der Waals surface area contributed by atoms with Gasteiger partial charge in [0.2, 0.25) is 0 Å². The lowest BCUT2D eigenvalue weighted by Gasteiger charge is -2.18. The van der Waals surface area contributed by atoms with Crippen LogP contribution in [0.2, 0.25) is 5.02 Å². The van der Waals surface area contributed by atoms with Crippen LogP contribution in [0.25, 0.3) is 38.4 Å². The van der Waals surface area contributed by atoms with E-state index in [1.165, 1.54) is 30.3 Å². The first-order valence-corrected chi connectivity index (χ1v) is 19.0. The number of nitrogens with zero attached hydrogens (tertiary/aromatic N) is 4. The first-order chi connectivity index (χ1) is 26.9. The van der Waals surface area contributed by atoms with Crippen LogP contribution in [0.1, 0.15) is 56.0 Å². The molecule has 0 saturated carbocycles. The summed E-state index contributed by atoms with van der Waals surface area (Å²) in [5.74, 6) is 0.0398. The number of nitrogens with one attached hydrogen (secondary N) is 2. The third-order valence-corrected chi connectivity index (χ3v) is 11.4. The molecule has 2 aromatic heterocycles. The molecule has 4 N–H and O–H groups in total. The minimum absolute atomic E-state index is 0.00650. The Morgan fingerprint density at radius 1 is 0.964 bits per heavy atom. The number of benzene rings is 4. The Kier molecular flexibility index (Phi) is 9.48. The highest BCUT2D eigenvalue weighted by Crippen LogP contribution is 2.43. The summed E-state index contributed by atoms with van der Waals surface area (Å²) >= 11 is 13.4. The summed E-state index contributed by atoms with van der Waals surface area (Å²) < 4.78 is 7.90. The number of rotatable bonds is 8. The largest absolute Gasteiger partial charge is 0.508 e. The fourth-order valence-corrected chi connectivity index (χ4v) is 8.47. The highest BCUT2D eigenvalue weighted by atomic mass is 35.5. The average molecular weight is 803 g/mol. The molecule has 0 fully saturated rings. The van der Waals surface area contributed by atoms with E-state index >= 15 is 0 Å². The second-order valence-electron chi connectivity index (χ2n) is 13.3. The Hall–Kier alpha value is -6.22. The Balaban J connectivity index is 1.04. The van der Waals surface area contributed by atoms with Crippen molar-refractivity contribution in [3.63, 3.8) is 0 Å². The highest BCUT2D eigenvalue weighted by Gasteiger charge is 2.32. The molecule has 0 bridgehead atoms. The first kappa shape index (κ1) is 36.7. The predicted octanol–water partition coefficient (Wildman–Crippen LogP) is 8.03. The van der Waals surface area contributed by atoms with Crippen LogP contribution in [0.3, 0.4) is 0 Å². The van der Waals surface area contributed by atoms with Gasteiger partial charge in [-0.1, -0.05) is 29.8 Å². The molecule has 0 saturated heterocycles. The van der Waals surface area contributed by atoms with E-state index in [9.17, 15) is 24.6 Å². The first-order valence-electron chi connectivity index (χ1n) is 17.4. The molecule has 1 atom stereocenters. The van der Waals surface area contributed by atoms with Gasteiger partial charge in [-0.3, -0.25) is 19.1 Å². The van der Waals surface area contributed by atoms with Crippen molar-refractivity contribution in [3.05, 3.63) is 133 Å². The monoisotopic (exact) mass is 802 g/mol. The number of ketones is 1. The average Bonchev–Trinajstić information content (AvgIpc) is 3.64. The molecule has 15 heteroatoms. The van der Waals surface area contributed by atoms with Gasteiger partial charge in [-0.25, -0.2) is 4.79 Å². The van der Waals surface area contributed by atoms with E-state index in [2.05, 4.69) is 34.7 Å². The van der Waals surface area contributed by atoms with Gasteiger partial charge < -0.3 is 25.3 Å². The number of carboxylic acids is 1. The fraction of sp³-hybridized carbons (Fsp3) is 0.146. The van der Waals surface area contributed by atoms with Crippen LogP contribution in [0.4, 0.5) is 5.69 Å². The minimum atomic E-state index is -1.20. The third-order valence-electron chi connectivity index (χ3n) is 9.68. The standard InChI is InChI=1S/C41H31ClN6O6S2/c1-19-20(2)56-39-35(19)37(22-4-6-23(42)7-5-22)45-32(38-47-46-21(3)48(38)39)15-27(51)18-43-41(55)44-24-8-11-28(31(14-24)40(52)53)36-29-12-9-25(49)16-33(29)54-34-17-26(50)10-13-30(34)36/h4-14,16-17,32,49H,15,18H2,1-3H3,(H,52,53)(H2,43,44,55)/t32-/m1/s1. The van der Waals surface area contributed by atoms with Crippen LogP contribution < -0.4 is 16.1 Å². The fourth-order valence-electron chi connectivity index (χ4n) is 6.94. The zero-order valence-corrected chi connectivity index (χ0v) is 32.4. The minimum Gasteiger partial charge on any atom is -0.508 e. The molecule has 0 spiro atoms. The van der Waals surface area contributed by atoms with Gasteiger partial charge in [-0.2, -0.15) is 0 Å². The molecule has 3 aromatic carbocycles. The smallest absolute Gasteiger partial charge is 0.336 e. The Labute approximate surface area is 333 Å². The second kappa shape index (κ2) is 14.5. The number of carbonyl (C=O) groups is 2. The molecule has 12 nitrogen and oxygen atoms in total. The summed E-state index contributed by atoms with van der Waals surface area (Å²) in [5.41, 5.74) is 5.35. The van der Waals surface area contributed by atoms with E-state index in [1.807, 2.05) is 35.8 Å². The number of thiophene rings is 1. The van der Waals surface area contributed by atoms with Crippen molar-refractivity contribution in [2.45, 2.75) is 33.2 Å². The highest BCUT2D eigenvalue weighted by molar-refractivity contribution is 7.80. The number of hydrogen-bond acceptors (Lipinski definition) is 10. The summed E-state index contributed by atoms with van der Waals surface area (Å²) in [6.07, 6.45) is 0.00650. The van der Waals surface area contributed by atoms with E-state index in [0.29, 0.717) is 44.4 Å². The molecule has 8 rings (SSSR count). The van der Waals surface area contributed by atoms with Gasteiger partial charge in [0.1, 0.15) is 34.0 Å². The van der Waals surface area contributed by atoms with Crippen molar-refractivity contribution in [2.75, 3.05) is 11.9 Å². The van der Waals surface area contributed by atoms with Crippen molar-refractivity contribution in [1.82, 2.24) is 20.1 Å². The number of aliphatic imine (C=N–C) groups is 1. The van der Waals surface area contributed by atoms with Crippen molar-refractivity contribution >= 4 is 74.4 Å². The van der Waals surface area contributed by atoms with Crippen LogP contribution in [0, 0.1) is 20.8 Å². The lowest BCUT2D eigenvalue weighted by molar-refractivity contribution is -0.118. The number of thiocarbonyl (C=S) groups is 1. The second-order valence-corrected chi connectivity index (χ2v) is 15.4. The topological polar surface area (TPSA) is 172 Å². The number of aromatic hydroxyl groups is 1. The number of fused-ring (bicyclic) bond motifs is 5. The molecule has 4 heterocycles. The summed E-state index contributed by atoms with van der Waals surface area (Å²) in [6, 6.07) is 20.3. The zero-order valence-electron chi connectivity index (χ0n) is 30.0. The third kappa shape index (κ3) is 6.72. The van der Waals surface area contributed by atoms with Crippen LogP contribution >= 0.6 is 35.2 Å². The van der Waals surface area contributed by atoms with E-state index in [4.69, 9.17) is 33.2 Å². The number of Topliss-reactive ketones (excluding diaryl/α,β-unsaturated/α-hetero) is 1. The van der Waals surface area contributed by atoms with Crippen molar-refractivity contribution in [2.24, 2.45) is 4.99 Å². The molecule has 2 aliphatic heterocycles. The number of aryl methyl sites for hydroxylation is 2. The Morgan fingerprint density at radius 2 is 1.73 bits per heavy atom. The number of aromatic nitrogens is 3. The lowest BCUT2D eigenvalue weighted by atomic mass is 9.90. The van der Waals surface area contributed by atoms with Crippen molar-refractivity contribution in [3.8, 4) is 33.2 Å². The molecule has 3 aliphatic rings. The van der Waals surface area contributed by atoms with E-state index < -0.39 is 12.0 Å². The molecule has 1 aliphatic carbocycles. The Morgan fingerprint density at radius 3 is 2.50 bits per heavy atom. The number of aromatic carboxylic acids is 1. The number of phenols is 1.